The van der Waals surface area contributed by atoms with Crippen molar-refractivity contribution in [2.75, 3.05) is 7.05 Å². The van der Waals surface area contributed by atoms with Crippen LogP contribution < -0.4 is 5.32 Å². The van der Waals surface area contributed by atoms with Crippen LogP contribution in [0.3, 0.4) is 0 Å². The monoisotopic (exact) mass is 273 g/mol. The van der Waals surface area contributed by atoms with E-state index in [4.69, 9.17) is 11.6 Å². The molecule has 0 aliphatic carbocycles. The first kappa shape index (κ1) is 14.1. The summed E-state index contributed by atoms with van der Waals surface area (Å²) in [4.78, 5) is 0. The van der Waals surface area contributed by atoms with Crippen LogP contribution in [0.1, 0.15) is 29.7 Å². The van der Waals surface area contributed by atoms with Crippen LogP contribution in [0, 0.1) is 0 Å². The number of rotatable bonds is 5. The van der Waals surface area contributed by atoms with Crippen molar-refractivity contribution >= 4 is 11.6 Å². The maximum absolute atomic E-state index is 5.92. The van der Waals surface area contributed by atoms with Gasteiger partial charge in [-0.25, -0.2) is 0 Å². The average Bonchev–Trinajstić information content (AvgIpc) is 2.46. The van der Waals surface area contributed by atoms with Crippen LogP contribution in [-0.4, -0.2) is 7.05 Å². The highest BCUT2D eigenvalue weighted by Gasteiger charge is 2.10. The Bertz CT molecular complexity index is 519. The molecule has 1 nitrogen and oxygen atoms in total. The largest absolute Gasteiger partial charge is 0.313 e. The first-order chi connectivity index (χ1) is 9.22. The SMILES string of the molecule is CCc1cccc(C(Cc2ccc(Cl)cc2)NC)c1. The highest BCUT2D eigenvalue weighted by atomic mass is 35.5. The van der Waals surface area contributed by atoms with E-state index in [9.17, 15) is 0 Å². The number of aryl methyl sites for hydroxylation is 1. The molecule has 0 amide bonds. The van der Waals surface area contributed by atoms with Gasteiger partial charge in [-0.1, -0.05) is 54.9 Å². The predicted octanol–water partition coefficient (Wildman–Crippen LogP) is 4.41. The van der Waals surface area contributed by atoms with E-state index in [1.165, 1.54) is 16.7 Å². The summed E-state index contributed by atoms with van der Waals surface area (Å²) in [5, 5.41) is 4.19. The van der Waals surface area contributed by atoms with Gasteiger partial charge in [-0.05, 0) is 48.7 Å². The Morgan fingerprint density at radius 2 is 1.79 bits per heavy atom. The quantitative estimate of drug-likeness (QED) is 0.851. The summed E-state index contributed by atoms with van der Waals surface area (Å²) < 4.78 is 0. The molecule has 1 unspecified atom stereocenters. The number of halogens is 1. The molecule has 0 aliphatic heterocycles. The molecule has 2 aromatic rings. The molecule has 0 saturated heterocycles. The van der Waals surface area contributed by atoms with E-state index in [1.54, 1.807) is 0 Å². The number of hydrogen-bond donors (Lipinski definition) is 1. The smallest absolute Gasteiger partial charge is 0.0406 e. The zero-order chi connectivity index (χ0) is 13.7. The topological polar surface area (TPSA) is 12.0 Å². The highest BCUT2D eigenvalue weighted by Crippen LogP contribution is 2.20. The lowest BCUT2D eigenvalue weighted by Gasteiger charge is -2.17. The zero-order valence-electron chi connectivity index (χ0n) is 11.5. The van der Waals surface area contributed by atoms with E-state index in [2.05, 4.69) is 48.6 Å². The van der Waals surface area contributed by atoms with Crippen molar-refractivity contribution in [3.8, 4) is 0 Å². The third-order valence-electron chi connectivity index (χ3n) is 3.46. The van der Waals surface area contributed by atoms with Crippen molar-refractivity contribution in [1.29, 1.82) is 0 Å². The molecule has 2 heteroatoms. The van der Waals surface area contributed by atoms with E-state index < -0.39 is 0 Å². The van der Waals surface area contributed by atoms with Gasteiger partial charge in [0.25, 0.3) is 0 Å². The van der Waals surface area contributed by atoms with Crippen LogP contribution in [0.25, 0.3) is 0 Å². The number of nitrogens with one attached hydrogen (secondary N) is 1. The van der Waals surface area contributed by atoms with Crippen LogP contribution >= 0.6 is 11.6 Å². The summed E-state index contributed by atoms with van der Waals surface area (Å²) in [5.41, 5.74) is 4.02. The highest BCUT2D eigenvalue weighted by molar-refractivity contribution is 6.30. The molecule has 19 heavy (non-hydrogen) atoms. The van der Waals surface area contributed by atoms with Gasteiger partial charge in [0.1, 0.15) is 0 Å². The first-order valence-corrected chi connectivity index (χ1v) is 7.11. The molecule has 2 rings (SSSR count). The third-order valence-corrected chi connectivity index (χ3v) is 3.72. The summed E-state index contributed by atoms with van der Waals surface area (Å²) in [6.45, 7) is 2.19. The minimum Gasteiger partial charge on any atom is -0.313 e. The van der Waals surface area contributed by atoms with Crippen molar-refractivity contribution < 1.29 is 0 Å². The van der Waals surface area contributed by atoms with Gasteiger partial charge < -0.3 is 5.32 Å². The number of benzene rings is 2. The predicted molar refractivity (Wildman–Crippen MR) is 82.8 cm³/mol. The van der Waals surface area contributed by atoms with Gasteiger partial charge in [-0.2, -0.15) is 0 Å². The van der Waals surface area contributed by atoms with Crippen LogP contribution in [0.2, 0.25) is 5.02 Å². The Kier molecular flexibility index (Phi) is 5.00. The Hall–Kier alpha value is -1.31. The molecule has 0 saturated carbocycles. The van der Waals surface area contributed by atoms with Crippen molar-refractivity contribution in [1.82, 2.24) is 5.32 Å². The van der Waals surface area contributed by atoms with Gasteiger partial charge in [-0.15, -0.1) is 0 Å². The normalized spacial score (nSPS) is 12.4. The second kappa shape index (κ2) is 6.74. The molecule has 0 radical (unpaired) electrons. The maximum atomic E-state index is 5.92. The summed E-state index contributed by atoms with van der Waals surface area (Å²) >= 11 is 5.92. The van der Waals surface area contributed by atoms with E-state index in [0.29, 0.717) is 6.04 Å². The molecule has 0 aliphatic rings. The molecule has 0 fully saturated rings. The van der Waals surface area contributed by atoms with Crippen molar-refractivity contribution in [3.05, 3.63) is 70.2 Å². The lowest BCUT2D eigenvalue weighted by atomic mass is 9.97. The fourth-order valence-corrected chi connectivity index (χ4v) is 2.40. The maximum Gasteiger partial charge on any atom is 0.0406 e. The summed E-state index contributed by atoms with van der Waals surface area (Å²) in [6, 6.07) is 17.2. The van der Waals surface area contributed by atoms with Crippen LogP contribution in [0.5, 0.6) is 0 Å². The lowest BCUT2D eigenvalue weighted by Crippen LogP contribution is -2.19. The molecule has 0 bridgehead atoms. The van der Waals surface area contributed by atoms with Gasteiger partial charge in [0, 0.05) is 11.1 Å². The minimum absolute atomic E-state index is 0.340. The molecule has 1 atom stereocenters. The summed E-state index contributed by atoms with van der Waals surface area (Å²) in [7, 11) is 2.01. The van der Waals surface area contributed by atoms with E-state index >= 15 is 0 Å². The summed E-state index contributed by atoms with van der Waals surface area (Å²) in [5.74, 6) is 0. The minimum atomic E-state index is 0.340. The Morgan fingerprint density at radius 1 is 1.05 bits per heavy atom. The second-order valence-electron chi connectivity index (χ2n) is 4.77. The van der Waals surface area contributed by atoms with E-state index in [1.807, 2.05) is 19.2 Å². The Morgan fingerprint density at radius 3 is 2.42 bits per heavy atom. The second-order valence-corrected chi connectivity index (χ2v) is 5.21. The van der Waals surface area contributed by atoms with E-state index in [0.717, 1.165) is 17.9 Å². The number of likely N-dealkylation sites (N-methyl/N-ethyl adjacent to an activating group) is 1. The van der Waals surface area contributed by atoms with Crippen molar-refractivity contribution in [3.63, 3.8) is 0 Å². The molecule has 1 N–H and O–H groups in total. The molecular weight excluding hydrogens is 254 g/mol. The van der Waals surface area contributed by atoms with Crippen LogP contribution in [0.4, 0.5) is 0 Å². The van der Waals surface area contributed by atoms with E-state index in [-0.39, 0.29) is 0 Å². The first-order valence-electron chi connectivity index (χ1n) is 6.73. The zero-order valence-corrected chi connectivity index (χ0v) is 12.2. The van der Waals surface area contributed by atoms with Crippen LogP contribution in [-0.2, 0) is 12.8 Å². The fourth-order valence-electron chi connectivity index (χ4n) is 2.27. The van der Waals surface area contributed by atoms with Gasteiger partial charge in [0.15, 0.2) is 0 Å². The Balaban J connectivity index is 2.17. The van der Waals surface area contributed by atoms with Crippen molar-refractivity contribution in [2.24, 2.45) is 0 Å². The molecule has 0 heterocycles. The molecule has 0 aromatic heterocycles. The van der Waals surface area contributed by atoms with Crippen molar-refractivity contribution in [2.45, 2.75) is 25.8 Å². The summed E-state index contributed by atoms with van der Waals surface area (Å²) in [6.07, 6.45) is 2.05. The third kappa shape index (κ3) is 3.82. The molecule has 100 valence electrons. The molecular formula is C17H20ClN. The van der Waals surface area contributed by atoms with Gasteiger partial charge >= 0.3 is 0 Å². The van der Waals surface area contributed by atoms with Crippen LogP contribution in [0.15, 0.2) is 48.5 Å². The average molecular weight is 274 g/mol. The molecule has 0 spiro atoms. The van der Waals surface area contributed by atoms with Gasteiger partial charge in [-0.3, -0.25) is 0 Å². The Labute approximate surface area is 120 Å². The van der Waals surface area contributed by atoms with Gasteiger partial charge in [0.05, 0.1) is 0 Å². The molecule has 2 aromatic carbocycles. The van der Waals surface area contributed by atoms with Gasteiger partial charge in [0.2, 0.25) is 0 Å². The lowest BCUT2D eigenvalue weighted by molar-refractivity contribution is 0.591. The number of hydrogen-bond acceptors (Lipinski definition) is 1. The fraction of sp³-hybridized carbons (Fsp3) is 0.294. The standard InChI is InChI=1S/C17H20ClN/c1-3-13-5-4-6-15(11-13)17(19-2)12-14-7-9-16(18)10-8-14/h4-11,17,19H,3,12H2,1-2H3.